The van der Waals surface area contributed by atoms with Gasteiger partial charge in [-0.25, -0.2) is 4.98 Å². The molecule has 2 atom stereocenters. The maximum atomic E-state index is 5.09. The molecular weight excluding hydrogens is 304 g/mol. The van der Waals surface area contributed by atoms with E-state index in [9.17, 15) is 0 Å². The molecule has 112 valence electrons. The number of nitrogens with zero attached hydrogens (tertiary/aromatic N) is 1. The number of rotatable bonds is 6. The van der Waals surface area contributed by atoms with Gasteiger partial charge in [0.05, 0.1) is 10.9 Å². The van der Waals surface area contributed by atoms with E-state index in [0.717, 1.165) is 24.3 Å². The Morgan fingerprint density at radius 3 is 2.70 bits per heavy atom. The van der Waals surface area contributed by atoms with Gasteiger partial charge in [-0.3, -0.25) is 0 Å². The van der Waals surface area contributed by atoms with Crippen molar-refractivity contribution < 1.29 is 0 Å². The molecule has 1 saturated carbocycles. The van der Waals surface area contributed by atoms with Crippen LogP contribution in [-0.2, 0) is 6.54 Å². The molecule has 0 radical (unpaired) electrons. The van der Waals surface area contributed by atoms with Gasteiger partial charge in [-0.2, -0.15) is 11.8 Å². The van der Waals surface area contributed by atoms with E-state index in [0.29, 0.717) is 5.25 Å². The number of hydrogen-bond acceptors (Lipinski definition) is 5. The molecule has 1 aliphatic carbocycles. The molecule has 1 aromatic rings. The highest BCUT2D eigenvalue weighted by Crippen LogP contribution is 2.48. The molecule has 0 spiro atoms. The maximum absolute atomic E-state index is 5.09. The summed E-state index contributed by atoms with van der Waals surface area (Å²) in [6, 6.07) is 0. The molecule has 2 aliphatic rings. The topological polar surface area (TPSA) is 24.9 Å². The van der Waals surface area contributed by atoms with Crippen LogP contribution in [0.1, 0.15) is 59.9 Å². The number of thioether (sulfide) groups is 2. The summed E-state index contributed by atoms with van der Waals surface area (Å²) in [6.45, 7) is 6.56. The van der Waals surface area contributed by atoms with E-state index in [1.807, 2.05) is 11.3 Å². The molecule has 0 aromatic carbocycles. The van der Waals surface area contributed by atoms with Crippen LogP contribution in [0.3, 0.4) is 0 Å². The van der Waals surface area contributed by atoms with Crippen molar-refractivity contribution in [3.05, 3.63) is 15.6 Å². The van der Waals surface area contributed by atoms with Crippen LogP contribution in [0, 0.1) is 0 Å². The summed E-state index contributed by atoms with van der Waals surface area (Å²) in [5, 5.41) is 6.29. The van der Waals surface area contributed by atoms with E-state index in [4.69, 9.17) is 4.98 Å². The van der Waals surface area contributed by atoms with Crippen LogP contribution in [0.25, 0.3) is 0 Å². The van der Waals surface area contributed by atoms with E-state index in [1.165, 1.54) is 46.3 Å². The van der Waals surface area contributed by atoms with Gasteiger partial charge in [-0.05, 0) is 25.8 Å². The number of thiazole rings is 1. The quantitative estimate of drug-likeness (QED) is 0.835. The molecule has 1 aromatic heterocycles. The summed E-state index contributed by atoms with van der Waals surface area (Å²) >= 11 is 6.27. The Hall–Kier alpha value is 0.290. The van der Waals surface area contributed by atoms with Crippen molar-refractivity contribution >= 4 is 34.9 Å². The summed E-state index contributed by atoms with van der Waals surface area (Å²) in [7, 11) is 0. The second kappa shape index (κ2) is 7.03. The first-order valence-electron chi connectivity index (χ1n) is 7.76. The van der Waals surface area contributed by atoms with Crippen LogP contribution in [0.4, 0.5) is 0 Å². The van der Waals surface area contributed by atoms with E-state index >= 15 is 0 Å². The molecule has 5 heteroatoms. The lowest BCUT2D eigenvalue weighted by Gasteiger charge is -2.28. The van der Waals surface area contributed by atoms with Crippen LogP contribution in [0.15, 0.2) is 0 Å². The standard InChI is InChI=1S/C15H24N2S3/c1-3-11-14(19-8-7-18-11)15-17-13(10-5-6-10)12(20-15)9-16-4-2/h10-11,14,16H,3-9H2,1-2H3. The fourth-order valence-electron chi connectivity index (χ4n) is 2.68. The smallest absolute Gasteiger partial charge is 0.107 e. The van der Waals surface area contributed by atoms with Gasteiger partial charge in [0.25, 0.3) is 0 Å². The third-order valence-corrected chi connectivity index (χ3v) is 8.50. The van der Waals surface area contributed by atoms with Crippen molar-refractivity contribution in [2.75, 3.05) is 18.1 Å². The summed E-state index contributed by atoms with van der Waals surface area (Å²) in [5.41, 5.74) is 1.43. The fraction of sp³-hybridized carbons (Fsp3) is 0.800. The predicted molar refractivity (Wildman–Crippen MR) is 93.2 cm³/mol. The van der Waals surface area contributed by atoms with Crippen LogP contribution in [-0.4, -0.2) is 28.3 Å². The zero-order valence-electron chi connectivity index (χ0n) is 12.4. The lowest BCUT2D eigenvalue weighted by Crippen LogP contribution is -2.18. The van der Waals surface area contributed by atoms with Gasteiger partial charge in [0.2, 0.25) is 0 Å². The Labute approximate surface area is 134 Å². The Morgan fingerprint density at radius 2 is 2.00 bits per heavy atom. The Morgan fingerprint density at radius 1 is 1.20 bits per heavy atom. The molecule has 2 unspecified atom stereocenters. The predicted octanol–water partition coefficient (Wildman–Crippen LogP) is 4.43. The minimum Gasteiger partial charge on any atom is -0.312 e. The van der Waals surface area contributed by atoms with Crippen molar-refractivity contribution in [3.8, 4) is 0 Å². The molecule has 20 heavy (non-hydrogen) atoms. The van der Waals surface area contributed by atoms with Gasteiger partial charge < -0.3 is 5.32 Å². The Kier molecular flexibility index (Phi) is 5.34. The molecule has 0 amide bonds. The highest BCUT2D eigenvalue weighted by atomic mass is 32.2. The van der Waals surface area contributed by atoms with Gasteiger partial charge in [-0.15, -0.1) is 23.1 Å². The number of nitrogens with one attached hydrogen (secondary N) is 1. The van der Waals surface area contributed by atoms with E-state index in [-0.39, 0.29) is 0 Å². The lowest BCUT2D eigenvalue weighted by atomic mass is 10.2. The lowest BCUT2D eigenvalue weighted by molar-refractivity contribution is 0.726. The average molecular weight is 329 g/mol. The molecular formula is C15H24N2S3. The van der Waals surface area contributed by atoms with Crippen molar-refractivity contribution in [1.82, 2.24) is 10.3 Å². The first kappa shape index (κ1) is 15.2. The Bertz CT molecular complexity index is 442. The Balaban J connectivity index is 1.81. The second-order valence-corrected chi connectivity index (χ2v) is 9.24. The molecule has 2 heterocycles. The van der Waals surface area contributed by atoms with Gasteiger partial charge >= 0.3 is 0 Å². The monoisotopic (exact) mass is 328 g/mol. The van der Waals surface area contributed by atoms with Gasteiger partial charge in [0, 0.05) is 34.1 Å². The first-order chi connectivity index (χ1) is 9.83. The van der Waals surface area contributed by atoms with E-state index in [2.05, 4.69) is 42.7 Å². The van der Waals surface area contributed by atoms with E-state index in [1.54, 1.807) is 0 Å². The van der Waals surface area contributed by atoms with Crippen molar-refractivity contribution in [2.45, 2.75) is 56.1 Å². The normalized spacial score (nSPS) is 26.9. The van der Waals surface area contributed by atoms with E-state index < -0.39 is 0 Å². The third-order valence-electron chi connectivity index (χ3n) is 3.94. The SMILES string of the molecule is CCNCc1sc(C2SCCSC2CC)nc1C1CC1. The average Bonchev–Trinajstić information content (AvgIpc) is 3.25. The van der Waals surface area contributed by atoms with Crippen LogP contribution >= 0.6 is 34.9 Å². The molecule has 1 aliphatic heterocycles. The highest BCUT2D eigenvalue weighted by Gasteiger charge is 2.34. The molecule has 0 bridgehead atoms. The zero-order chi connectivity index (χ0) is 13.9. The van der Waals surface area contributed by atoms with Crippen molar-refractivity contribution in [2.24, 2.45) is 0 Å². The molecule has 2 fully saturated rings. The number of hydrogen-bond donors (Lipinski definition) is 1. The van der Waals surface area contributed by atoms with Crippen LogP contribution < -0.4 is 5.32 Å². The molecule has 1 saturated heterocycles. The maximum Gasteiger partial charge on any atom is 0.107 e. The number of aromatic nitrogens is 1. The van der Waals surface area contributed by atoms with Crippen LogP contribution in [0.2, 0.25) is 0 Å². The summed E-state index contributed by atoms with van der Waals surface area (Å²) in [5.74, 6) is 3.37. The molecule has 3 rings (SSSR count). The minimum atomic E-state index is 0.636. The summed E-state index contributed by atoms with van der Waals surface area (Å²) in [4.78, 5) is 6.60. The van der Waals surface area contributed by atoms with Crippen molar-refractivity contribution in [1.29, 1.82) is 0 Å². The second-order valence-electron chi connectivity index (χ2n) is 5.52. The van der Waals surface area contributed by atoms with Gasteiger partial charge in [0.15, 0.2) is 0 Å². The summed E-state index contributed by atoms with van der Waals surface area (Å²) in [6.07, 6.45) is 3.97. The fourth-order valence-corrected chi connectivity index (χ4v) is 7.22. The zero-order valence-corrected chi connectivity index (χ0v) is 14.8. The molecule has 2 nitrogen and oxygen atoms in total. The van der Waals surface area contributed by atoms with Crippen LogP contribution in [0.5, 0.6) is 0 Å². The van der Waals surface area contributed by atoms with Gasteiger partial charge in [-0.1, -0.05) is 13.8 Å². The minimum absolute atomic E-state index is 0.636. The summed E-state index contributed by atoms with van der Waals surface area (Å²) < 4.78 is 0. The highest BCUT2D eigenvalue weighted by molar-refractivity contribution is 8.06. The third kappa shape index (κ3) is 3.37. The largest absolute Gasteiger partial charge is 0.312 e. The first-order valence-corrected chi connectivity index (χ1v) is 10.7. The van der Waals surface area contributed by atoms with Crippen molar-refractivity contribution in [3.63, 3.8) is 0 Å². The van der Waals surface area contributed by atoms with Gasteiger partial charge in [0.1, 0.15) is 5.01 Å². The molecule has 1 N–H and O–H groups in total.